The maximum atomic E-state index is 13.0. The van der Waals surface area contributed by atoms with Crippen LogP contribution in [0.1, 0.15) is 5.56 Å². The Bertz CT molecular complexity index is 1570. The van der Waals surface area contributed by atoms with Gasteiger partial charge in [-0.3, -0.25) is 9.80 Å². The SMILES string of the molecule is FC(F)(F)N(c1ccccc1)c1ccccc1.FC(F)(F)N(c1ccccc1)c1ccccc1.OB(O)OCc1c(F)c(F)c(F)c(F)c1F. The summed E-state index contributed by atoms with van der Waals surface area (Å²) < 4.78 is 145. The lowest BCUT2D eigenvalue weighted by molar-refractivity contribution is -0.121. The second kappa shape index (κ2) is 17.5. The molecule has 5 aromatic rings. The van der Waals surface area contributed by atoms with Gasteiger partial charge in [-0.2, -0.15) is 0 Å². The molecule has 0 amide bonds. The predicted octanol–water partition coefficient (Wildman–Crippen LogP) is 9.56. The van der Waals surface area contributed by atoms with Crippen molar-refractivity contribution >= 4 is 30.1 Å². The molecule has 17 heteroatoms. The predicted molar refractivity (Wildman–Crippen MR) is 163 cm³/mol. The van der Waals surface area contributed by atoms with E-state index in [-0.39, 0.29) is 22.7 Å². The van der Waals surface area contributed by atoms with Crippen LogP contribution in [-0.4, -0.2) is 30.0 Å². The van der Waals surface area contributed by atoms with E-state index in [1.165, 1.54) is 48.5 Å². The molecule has 0 aliphatic heterocycles. The van der Waals surface area contributed by atoms with Crippen molar-refractivity contribution in [1.82, 2.24) is 0 Å². The second-order valence-corrected chi connectivity index (χ2v) is 9.63. The second-order valence-electron chi connectivity index (χ2n) is 9.63. The fraction of sp³-hybridized carbons (Fsp3) is 0.0909. The average molecular weight is 716 g/mol. The molecule has 5 nitrogen and oxygen atoms in total. The number of anilines is 4. The zero-order valence-corrected chi connectivity index (χ0v) is 25.2. The van der Waals surface area contributed by atoms with E-state index in [2.05, 4.69) is 4.65 Å². The minimum Gasteiger partial charge on any atom is -0.402 e. The van der Waals surface area contributed by atoms with Gasteiger partial charge in [0.05, 0.1) is 12.2 Å². The fourth-order valence-electron chi connectivity index (χ4n) is 4.13. The van der Waals surface area contributed by atoms with E-state index in [0.717, 1.165) is 0 Å². The molecule has 0 saturated heterocycles. The summed E-state index contributed by atoms with van der Waals surface area (Å²) in [5.74, 6) is -10.7. The number of benzene rings is 5. The third kappa shape index (κ3) is 10.7. The largest absolute Gasteiger partial charge is 0.634 e. The van der Waals surface area contributed by atoms with Gasteiger partial charge in [0.15, 0.2) is 23.3 Å². The van der Waals surface area contributed by atoms with Crippen LogP contribution >= 0.6 is 0 Å². The Morgan fingerprint density at radius 1 is 0.440 bits per heavy atom. The lowest BCUT2D eigenvalue weighted by Crippen LogP contribution is -2.33. The van der Waals surface area contributed by atoms with E-state index in [1.54, 1.807) is 72.8 Å². The fourth-order valence-corrected chi connectivity index (χ4v) is 4.13. The Morgan fingerprint density at radius 2 is 0.680 bits per heavy atom. The number of hydrogen-bond acceptors (Lipinski definition) is 5. The van der Waals surface area contributed by atoms with Gasteiger partial charge in [0.25, 0.3) is 0 Å². The molecule has 2 N–H and O–H groups in total. The van der Waals surface area contributed by atoms with Gasteiger partial charge in [0.2, 0.25) is 5.82 Å². The number of alkyl halides is 6. The van der Waals surface area contributed by atoms with E-state index < -0.39 is 61.2 Å². The molecule has 0 radical (unpaired) electrons. The van der Waals surface area contributed by atoms with E-state index in [4.69, 9.17) is 10.0 Å². The van der Waals surface area contributed by atoms with Crippen LogP contribution in [0.5, 0.6) is 0 Å². The molecule has 0 spiro atoms. The maximum Gasteiger partial charge on any atom is 0.634 e. The number of para-hydroxylation sites is 4. The first-order valence-electron chi connectivity index (χ1n) is 14.0. The van der Waals surface area contributed by atoms with Crippen molar-refractivity contribution in [3.8, 4) is 0 Å². The first-order valence-corrected chi connectivity index (χ1v) is 14.0. The third-order valence-electron chi connectivity index (χ3n) is 6.24. The van der Waals surface area contributed by atoms with E-state index >= 15 is 0 Å². The monoisotopic (exact) mass is 716 g/mol. The lowest BCUT2D eigenvalue weighted by Gasteiger charge is -2.26. The van der Waals surface area contributed by atoms with Crippen molar-refractivity contribution < 1.29 is 63.0 Å². The Morgan fingerprint density at radius 3 is 0.900 bits per heavy atom. The normalized spacial score (nSPS) is 11.1. The summed E-state index contributed by atoms with van der Waals surface area (Å²) in [5.41, 5.74) is -0.862. The van der Waals surface area contributed by atoms with Crippen LogP contribution in [-0.2, 0) is 11.3 Å². The molecule has 0 heterocycles. The van der Waals surface area contributed by atoms with Crippen molar-refractivity contribution in [1.29, 1.82) is 0 Å². The van der Waals surface area contributed by atoms with Crippen LogP contribution in [0.3, 0.4) is 0 Å². The summed E-state index contributed by atoms with van der Waals surface area (Å²) in [7, 11) is -2.38. The molecule has 5 aromatic carbocycles. The van der Waals surface area contributed by atoms with Gasteiger partial charge in [-0.1, -0.05) is 72.8 Å². The summed E-state index contributed by atoms with van der Waals surface area (Å²) in [5, 5.41) is 16.4. The summed E-state index contributed by atoms with van der Waals surface area (Å²) in [6, 6.07) is 30.8. The first-order chi connectivity index (χ1) is 23.5. The third-order valence-corrected chi connectivity index (χ3v) is 6.24. The van der Waals surface area contributed by atoms with Gasteiger partial charge in [-0.15, -0.1) is 26.3 Å². The first kappa shape index (κ1) is 39.3. The summed E-state index contributed by atoms with van der Waals surface area (Å²) in [6.45, 7) is -1.16. The Balaban J connectivity index is 0.000000203. The Hall–Kier alpha value is -5.13. The maximum absolute atomic E-state index is 13.0. The van der Waals surface area contributed by atoms with Crippen molar-refractivity contribution in [2.45, 2.75) is 19.2 Å². The quantitative estimate of drug-likeness (QED) is 0.0578. The summed E-state index contributed by atoms with van der Waals surface area (Å²) in [4.78, 5) is 0.708. The van der Waals surface area contributed by atoms with Crippen LogP contribution in [0.15, 0.2) is 121 Å². The van der Waals surface area contributed by atoms with Gasteiger partial charge < -0.3 is 14.7 Å². The van der Waals surface area contributed by atoms with Crippen molar-refractivity contribution in [3.63, 3.8) is 0 Å². The molecule has 0 atom stereocenters. The van der Waals surface area contributed by atoms with Gasteiger partial charge >= 0.3 is 19.9 Å². The van der Waals surface area contributed by atoms with Gasteiger partial charge in [-0.25, -0.2) is 22.0 Å². The average Bonchev–Trinajstić information content (AvgIpc) is 3.08. The molecule has 0 unspecified atom stereocenters. The van der Waals surface area contributed by atoms with Crippen LogP contribution in [0.4, 0.5) is 71.0 Å². The standard InChI is InChI=1S/2C13H10F3N.C7H4BF5O3/c2*14-13(15,16)17(11-7-3-1-4-8-11)12-9-5-2-6-10-12;9-3-2(1-16-8(14)15)4(10)6(12)7(13)5(3)11/h2*1-10H;14-15H,1H2. The van der Waals surface area contributed by atoms with Crippen molar-refractivity contribution in [2.75, 3.05) is 9.80 Å². The zero-order valence-electron chi connectivity index (χ0n) is 25.2. The minimum absolute atomic E-state index is 0.103. The van der Waals surface area contributed by atoms with E-state index in [9.17, 15) is 48.3 Å². The Labute approximate surface area is 278 Å². The molecular weight excluding hydrogens is 692 g/mol. The summed E-state index contributed by atoms with van der Waals surface area (Å²) in [6.07, 6.45) is -8.88. The molecule has 5 rings (SSSR count). The van der Waals surface area contributed by atoms with Gasteiger partial charge in [-0.05, 0) is 48.5 Å². The Kier molecular flexibility index (Phi) is 13.8. The van der Waals surface area contributed by atoms with Crippen molar-refractivity contribution in [2.24, 2.45) is 0 Å². The molecule has 0 aliphatic carbocycles. The highest BCUT2D eigenvalue weighted by atomic mass is 19.4. The van der Waals surface area contributed by atoms with Crippen LogP contribution in [0.25, 0.3) is 0 Å². The van der Waals surface area contributed by atoms with Crippen LogP contribution < -0.4 is 9.80 Å². The number of halogens is 11. The molecule has 50 heavy (non-hydrogen) atoms. The molecule has 264 valence electrons. The molecule has 0 bridgehead atoms. The van der Waals surface area contributed by atoms with Gasteiger partial charge in [0.1, 0.15) is 0 Å². The highest BCUT2D eigenvalue weighted by Gasteiger charge is 2.39. The summed E-state index contributed by atoms with van der Waals surface area (Å²) >= 11 is 0. The lowest BCUT2D eigenvalue weighted by atomic mass is 10.1. The number of nitrogens with zero attached hydrogens (tertiary/aromatic N) is 2. The van der Waals surface area contributed by atoms with E-state index in [0.29, 0.717) is 9.80 Å². The van der Waals surface area contributed by atoms with E-state index in [1.807, 2.05) is 0 Å². The minimum atomic E-state index is -4.44. The molecule has 0 fully saturated rings. The number of rotatable bonds is 7. The molecule has 0 aliphatic rings. The van der Waals surface area contributed by atoms with Crippen LogP contribution in [0, 0.1) is 29.1 Å². The highest BCUT2D eigenvalue weighted by Crippen LogP contribution is 2.37. The van der Waals surface area contributed by atoms with Gasteiger partial charge in [0, 0.05) is 22.7 Å². The van der Waals surface area contributed by atoms with Crippen molar-refractivity contribution in [3.05, 3.63) is 156 Å². The highest BCUT2D eigenvalue weighted by molar-refractivity contribution is 6.32. The molecule has 0 aromatic heterocycles. The molecule has 0 saturated carbocycles. The number of hydrogen-bond donors (Lipinski definition) is 2. The van der Waals surface area contributed by atoms with Crippen LogP contribution in [0.2, 0.25) is 0 Å². The smallest absolute Gasteiger partial charge is 0.402 e. The zero-order chi connectivity index (χ0) is 37.1. The topological polar surface area (TPSA) is 56.2 Å². The molecular formula is C33H24BF11N2O3.